The SMILES string of the molecule is CC(C)(C)OC(=O)N1CCCN(c2nc(-c3ccc(Cl)cc3Cl)ccc2C#N)CC1. The zero-order valence-corrected chi connectivity index (χ0v) is 18.8. The molecule has 0 saturated carbocycles. The second-order valence-electron chi connectivity index (χ2n) is 8.11. The second kappa shape index (κ2) is 9.11. The summed E-state index contributed by atoms with van der Waals surface area (Å²) in [5, 5.41) is 10.6. The van der Waals surface area contributed by atoms with Gasteiger partial charge in [0, 0.05) is 36.8 Å². The van der Waals surface area contributed by atoms with Crippen LogP contribution in [0.5, 0.6) is 0 Å². The Morgan fingerprint density at radius 3 is 2.57 bits per heavy atom. The smallest absolute Gasteiger partial charge is 0.410 e. The van der Waals surface area contributed by atoms with Crippen LogP contribution in [-0.2, 0) is 4.74 Å². The predicted molar refractivity (Wildman–Crippen MR) is 119 cm³/mol. The standard InChI is InChI=1S/C22H24Cl2N4O2/c1-22(2,3)30-21(29)28-10-4-9-27(11-12-28)20-15(14-25)5-8-19(26-20)17-7-6-16(23)13-18(17)24/h5-8,13H,4,9-12H2,1-3H3. The van der Waals surface area contributed by atoms with Crippen LogP contribution in [0, 0.1) is 11.3 Å². The molecule has 1 amide bonds. The van der Waals surface area contributed by atoms with Crippen LogP contribution < -0.4 is 4.90 Å². The van der Waals surface area contributed by atoms with Crippen LogP contribution in [0.3, 0.4) is 0 Å². The van der Waals surface area contributed by atoms with Crippen LogP contribution in [0.15, 0.2) is 30.3 Å². The van der Waals surface area contributed by atoms with Gasteiger partial charge in [-0.05, 0) is 57.5 Å². The molecule has 0 N–H and O–H groups in total. The van der Waals surface area contributed by atoms with Crippen molar-refractivity contribution in [1.29, 1.82) is 5.26 Å². The fourth-order valence-corrected chi connectivity index (χ4v) is 3.77. The van der Waals surface area contributed by atoms with E-state index in [1.807, 2.05) is 31.7 Å². The van der Waals surface area contributed by atoms with Gasteiger partial charge in [-0.15, -0.1) is 0 Å². The first-order valence-corrected chi connectivity index (χ1v) is 10.5. The minimum absolute atomic E-state index is 0.320. The lowest BCUT2D eigenvalue weighted by molar-refractivity contribution is 0.0263. The van der Waals surface area contributed by atoms with Gasteiger partial charge >= 0.3 is 6.09 Å². The lowest BCUT2D eigenvalue weighted by Crippen LogP contribution is -2.39. The lowest BCUT2D eigenvalue weighted by atomic mass is 10.1. The molecule has 0 atom stereocenters. The third kappa shape index (κ3) is 5.35. The van der Waals surface area contributed by atoms with Gasteiger partial charge in [-0.3, -0.25) is 0 Å². The first-order valence-electron chi connectivity index (χ1n) is 9.77. The van der Waals surface area contributed by atoms with E-state index in [2.05, 4.69) is 6.07 Å². The summed E-state index contributed by atoms with van der Waals surface area (Å²) in [6, 6.07) is 11.0. The molecule has 30 heavy (non-hydrogen) atoms. The Hall–Kier alpha value is -2.49. The second-order valence-corrected chi connectivity index (χ2v) is 8.96. The van der Waals surface area contributed by atoms with Gasteiger partial charge in [-0.1, -0.05) is 23.2 Å². The number of amides is 1. The van der Waals surface area contributed by atoms with Gasteiger partial charge in [0.25, 0.3) is 0 Å². The van der Waals surface area contributed by atoms with Gasteiger partial charge < -0.3 is 14.5 Å². The van der Waals surface area contributed by atoms with Crippen molar-refractivity contribution < 1.29 is 9.53 Å². The summed E-state index contributed by atoms with van der Waals surface area (Å²) in [7, 11) is 0. The van der Waals surface area contributed by atoms with E-state index in [0.717, 1.165) is 12.0 Å². The Kier molecular flexibility index (Phi) is 6.74. The first kappa shape index (κ1) is 22.2. The van der Waals surface area contributed by atoms with Gasteiger partial charge in [0.1, 0.15) is 17.5 Å². The average Bonchev–Trinajstić information content (AvgIpc) is 2.92. The van der Waals surface area contributed by atoms with E-state index in [4.69, 9.17) is 32.9 Å². The van der Waals surface area contributed by atoms with Crippen molar-refractivity contribution in [3.05, 3.63) is 45.9 Å². The topological polar surface area (TPSA) is 69.5 Å². The van der Waals surface area contributed by atoms with Crippen LogP contribution in [0.4, 0.5) is 10.6 Å². The number of hydrogen-bond donors (Lipinski definition) is 0. The van der Waals surface area contributed by atoms with Crippen molar-refractivity contribution in [2.75, 3.05) is 31.1 Å². The predicted octanol–water partition coefficient (Wildman–Crippen LogP) is 5.37. The molecule has 1 aromatic heterocycles. The van der Waals surface area contributed by atoms with Gasteiger partial charge in [0.2, 0.25) is 0 Å². The summed E-state index contributed by atoms with van der Waals surface area (Å²) >= 11 is 12.4. The number of hydrogen-bond acceptors (Lipinski definition) is 5. The first-order chi connectivity index (χ1) is 14.2. The molecule has 1 saturated heterocycles. The van der Waals surface area contributed by atoms with Crippen molar-refractivity contribution in [3.8, 4) is 17.3 Å². The van der Waals surface area contributed by atoms with Crippen LogP contribution in [-0.4, -0.2) is 47.8 Å². The molecule has 1 fully saturated rings. The summed E-state index contributed by atoms with van der Waals surface area (Å²) in [6.45, 7) is 7.88. The van der Waals surface area contributed by atoms with Crippen LogP contribution in [0.25, 0.3) is 11.3 Å². The number of benzene rings is 1. The average molecular weight is 447 g/mol. The monoisotopic (exact) mass is 446 g/mol. The molecule has 3 rings (SSSR count). The van der Waals surface area contributed by atoms with Gasteiger partial charge in [0.05, 0.1) is 16.3 Å². The van der Waals surface area contributed by atoms with E-state index >= 15 is 0 Å². The number of ether oxygens (including phenoxy) is 1. The molecular formula is C22H24Cl2N4O2. The molecule has 0 bridgehead atoms. The number of halogens is 2. The lowest BCUT2D eigenvalue weighted by Gasteiger charge is -2.27. The normalized spacial score (nSPS) is 14.8. The van der Waals surface area contributed by atoms with E-state index in [0.29, 0.717) is 53.3 Å². The van der Waals surface area contributed by atoms with E-state index < -0.39 is 5.60 Å². The molecule has 2 heterocycles. The highest BCUT2D eigenvalue weighted by atomic mass is 35.5. The number of aromatic nitrogens is 1. The molecule has 0 unspecified atom stereocenters. The zero-order valence-electron chi connectivity index (χ0n) is 17.3. The quantitative estimate of drug-likeness (QED) is 0.619. The molecular weight excluding hydrogens is 423 g/mol. The van der Waals surface area contributed by atoms with Gasteiger partial charge in [-0.2, -0.15) is 5.26 Å². The van der Waals surface area contributed by atoms with Gasteiger partial charge in [-0.25, -0.2) is 9.78 Å². The van der Waals surface area contributed by atoms with E-state index in [9.17, 15) is 10.1 Å². The maximum Gasteiger partial charge on any atom is 0.410 e. The van der Waals surface area contributed by atoms with Crippen molar-refractivity contribution >= 4 is 35.1 Å². The highest BCUT2D eigenvalue weighted by Gasteiger charge is 2.26. The molecule has 1 aliphatic rings. The Bertz CT molecular complexity index is 982. The Morgan fingerprint density at radius 2 is 1.90 bits per heavy atom. The minimum Gasteiger partial charge on any atom is -0.444 e. The van der Waals surface area contributed by atoms with E-state index in [-0.39, 0.29) is 6.09 Å². The summed E-state index contributed by atoms with van der Waals surface area (Å²) in [5.74, 6) is 0.590. The van der Waals surface area contributed by atoms with Crippen LogP contribution >= 0.6 is 23.2 Å². The maximum absolute atomic E-state index is 12.4. The molecule has 0 radical (unpaired) electrons. The zero-order chi connectivity index (χ0) is 21.9. The summed E-state index contributed by atoms with van der Waals surface area (Å²) in [6.07, 6.45) is 0.428. The molecule has 8 heteroatoms. The molecule has 1 aliphatic heterocycles. The fourth-order valence-electron chi connectivity index (χ4n) is 3.26. The number of pyridine rings is 1. The third-order valence-corrected chi connectivity index (χ3v) is 5.20. The number of rotatable bonds is 2. The molecule has 0 spiro atoms. The Labute approximate surface area is 187 Å². The van der Waals surface area contributed by atoms with Crippen molar-refractivity contribution in [2.45, 2.75) is 32.8 Å². The van der Waals surface area contributed by atoms with Crippen molar-refractivity contribution in [1.82, 2.24) is 9.88 Å². The molecule has 1 aromatic carbocycles. The Morgan fingerprint density at radius 1 is 1.13 bits per heavy atom. The Balaban J connectivity index is 1.84. The molecule has 6 nitrogen and oxygen atoms in total. The number of anilines is 1. The highest BCUT2D eigenvalue weighted by molar-refractivity contribution is 6.36. The van der Waals surface area contributed by atoms with Crippen molar-refractivity contribution in [2.24, 2.45) is 0 Å². The molecule has 158 valence electrons. The maximum atomic E-state index is 12.4. The van der Waals surface area contributed by atoms with E-state index in [1.165, 1.54) is 0 Å². The number of carbonyl (C=O) groups excluding carboxylic acids is 1. The minimum atomic E-state index is -0.537. The molecule has 2 aromatic rings. The van der Waals surface area contributed by atoms with E-state index in [1.54, 1.807) is 29.2 Å². The summed E-state index contributed by atoms with van der Waals surface area (Å²) < 4.78 is 5.49. The largest absolute Gasteiger partial charge is 0.444 e. The van der Waals surface area contributed by atoms with Crippen LogP contribution in [0.1, 0.15) is 32.8 Å². The fraction of sp³-hybridized carbons (Fsp3) is 0.409. The summed E-state index contributed by atoms with van der Waals surface area (Å²) in [4.78, 5) is 20.9. The van der Waals surface area contributed by atoms with Gasteiger partial charge in [0.15, 0.2) is 0 Å². The third-order valence-electron chi connectivity index (χ3n) is 4.65. The highest BCUT2D eigenvalue weighted by Crippen LogP contribution is 2.31. The molecule has 0 aliphatic carbocycles. The number of nitriles is 1. The van der Waals surface area contributed by atoms with Crippen LogP contribution in [0.2, 0.25) is 10.0 Å². The summed E-state index contributed by atoms with van der Waals surface area (Å²) in [5.41, 5.74) is 1.36. The van der Waals surface area contributed by atoms with Crippen molar-refractivity contribution in [3.63, 3.8) is 0 Å². The number of carbonyl (C=O) groups is 1. The number of nitrogens with zero attached hydrogens (tertiary/aromatic N) is 4.